The first-order valence-electron chi connectivity index (χ1n) is 14.9. The van der Waals surface area contributed by atoms with Crippen LogP contribution in [0.25, 0.3) is 0 Å². The van der Waals surface area contributed by atoms with E-state index in [4.69, 9.17) is 4.74 Å². The lowest BCUT2D eigenvalue weighted by Crippen LogP contribution is -2.53. The van der Waals surface area contributed by atoms with Crippen LogP contribution in [-0.4, -0.2) is 50.9 Å². The zero-order valence-corrected chi connectivity index (χ0v) is 26.6. The lowest BCUT2D eigenvalue weighted by atomic mass is 9.95. The van der Waals surface area contributed by atoms with E-state index in [-0.39, 0.29) is 23.4 Å². The predicted octanol–water partition coefficient (Wildman–Crippen LogP) is 5.68. The van der Waals surface area contributed by atoms with Crippen LogP contribution in [-0.2, 0) is 26.2 Å². The number of nitrogens with zero attached hydrogens (tertiary/aromatic N) is 2. The molecule has 2 amide bonds. The van der Waals surface area contributed by atoms with E-state index in [2.05, 4.69) is 5.32 Å². The van der Waals surface area contributed by atoms with Gasteiger partial charge in [-0.3, -0.25) is 13.9 Å². The van der Waals surface area contributed by atoms with Crippen LogP contribution in [0, 0.1) is 20.8 Å². The minimum atomic E-state index is -4.11. The van der Waals surface area contributed by atoms with Gasteiger partial charge in [-0.1, -0.05) is 55.2 Å². The Morgan fingerprint density at radius 3 is 2.16 bits per heavy atom. The molecule has 0 bridgehead atoms. The highest BCUT2D eigenvalue weighted by Crippen LogP contribution is 2.27. The number of amides is 2. The van der Waals surface area contributed by atoms with E-state index in [9.17, 15) is 18.0 Å². The summed E-state index contributed by atoms with van der Waals surface area (Å²) in [6.45, 7) is 7.12. The Kier molecular flexibility index (Phi) is 10.5. The van der Waals surface area contributed by atoms with E-state index in [0.29, 0.717) is 11.4 Å². The summed E-state index contributed by atoms with van der Waals surface area (Å²) in [4.78, 5) is 29.2. The number of anilines is 1. The Balaban J connectivity index is 1.69. The molecule has 4 rings (SSSR count). The van der Waals surface area contributed by atoms with E-state index in [1.54, 1.807) is 62.6 Å². The molecule has 1 N–H and O–H groups in total. The van der Waals surface area contributed by atoms with E-state index in [1.807, 2.05) is 39.0 Å². The van der Waals surface area contributed by atoms with Gasteiger partial charge in [-0.05, 0) is 93.6 Å². The molecular formula is C34H43N3O5S. The van der Waals surface area contributed by atoms with Gasteiger partial charge >= 0.3 is 0 Å². The van der Waals surface area contributed by atoms with E-state index >= 15 is 0 Å². The van der Waals surface area contributed by atoms with Gasteiger partial charge in [-0.15, -0.1) is 0 Å². The number of ether oxygens (including phenoxy) is 1. The van der Waals surface area contributed by atoms with Gasteiger partial charge in [-0.25, -0.2) is 8.42 Å². The van der Waals surface area contributed by atoms with Crippen molar-refractivity contribution in [3.8, 4) is 5.75 Å². The lowest BCUT2D eigenvalue weighted by Gasteiger charge is -2.33. The van der Waals surface area contributed by atoms with E-state index in [0.717, 1.165) is 58.7 Å². The summed E-state index contributed by atoms with van der Waals surface area (Å²) in [6, 6.07) is 18.5. The lowest BCUT2D eigenvalue weighted by molar-refractivity contribution is -0.139. The molecule has 0 radical (unpaired) electrons. The SMILES string of the molecule is COc1ccc(CN(C(=O)CN(c2ccc(C)c(C)c2)S(=O)(=O)c2ccc(C)cc2)[C@H](C)C(=O)NC2CCCCC2)cc1. The summed E-state index contributed by atoms with van der Waals surface area (Å²) < 4.78 is 34.5. The van der Waals surface area contributed by atoms with Crippen LogP contribution in [0.5, 0.6) is 5.75 Å². The van der Waals surface area contributed by atoms with Gasteiger partial charge < -0.3 is 15.0 Å². The van der Waals surface area contributed by atoms with Crippen molar-refractivity contribution in [1.29, 1.82) is 0 Å². The Bertz CT molecular complexity index is 1510. The van der Waals surface area contributed by atoms with Gasteiger partial charge in [0.2, 0.25) is 11.8 Å². The van der Waals surface area contributed by atoms with Crippen LogP contribution >= 0.6 is 0 Å². The third kappa shape index (κ3) is 7.96. The first kappa shape index (κ1) is 32.1. The zero-order chi connectivity index (χ0) is 31.1. The van der Waals surface area contributed by atoms with E-state index in [1.165, 1.54) is 4.90 Å². The monoisotopic (exact) mass is 605 g/mol. The number of rotatable bonds is 11. The summed E-state index contributed by atoms with van der Waals surface area (Å²) in [7, 11) is -2.53. The molecule has 0 saturated heterocycles. The average molecular weight is 606 g/mol. The number of sulfonamides is 1. The van der Waals surface area contributed by atoms with Crippen molar-refractivity contribution >= 4 is 27.5 Å². The number of carbonyl (C=O) groups excluding carboxylic acids is 2. The van der Waals surface area contributed by atoms with Gasteiger partial charge in [0.25, 0.3) is 10.0 Å². The van der Waals surface area contributed by atoms with Crippen molar-refractivity contribution in [3.63, 3.8) is 0 Å². The highest BCUT2D eigenvalue weighted by atomic mass is 32.2. The maximum atomic E-state index is 14.2. The quantitative estimate of drug-likeness (QED) is 0.303. The number of hydrogen-bond donors (Lipinski definition) is 1. The highest BCUT2D eigenvalue weighted by Gasteiger charge is 2.33. The molecule has 1 atom stereocenters. The fraction of sp³-hybridized carbons (Fsp3) is 0.412. The van der Waals surface area contributed by atoms with Crippen LogP contribution in [0.3, 0.4) is 0 Å². The molecule has 0 aromatic heterocycles. The standard InChI is InChI=1S/C34H43N3O5S/c1-24-11-19-32(20-12-24)43(40,41)37(30-16-13-25(2)26(3)21-30)23-33(38)36(22-28-14-17-31(42-5)18-15-28)27(4)34(39)35-29-9-7-6-8-10-29/h11-21,27,29H,6-10,22-23H2,1-5H3,(H,35,39)/t27-/m1/s1. The normalized spacial score (nSPS) is 14.5. The molecule has 1 aliphatic rings. The van der Waals surface area contributed by atoms with E-state index < -0.39 is 28.5 Å². The molecule has 1 aliphatic carbocycles. The number of nitrogens with one attached hydrogen (secondary N) is 1. The molecule has 9 heteroatoms. The van der Waals surface area contributed by atoms with Crippen molar-refractivity contribution < 1.29 is 22.7 Å². The molecule has 1 fully saturated rings. The summed E-state index contributed by atoms with van der Waals surface area (Å²) >= 11 is 0. The third-order valence-electron chi connectivity index (χ3n) is 8.30. The molecule has 230 valence electrons. The molecule has 1 saturated carbocycles. The molecule has 0 aliphatic heterocycles. The Labute approximate surface area is 256 Å². The Morgan fingerprint density at radius 2 is 1.56 bits per heavy atom. The van der Waals surface area contributed by atoms with Crippen molar-refractivity contribution in [2.24, 2.45) is 0 Å². The van der Waals surface area contributed by atoms with Crippen molar-refractivity contribution in [2.75, 3.05) is 18.0 Å². The second-order valence-corrected chi connectivity index (χ2v) is 13.3. The van der Waals surface area contributed by atoms with Crippen molar-refractivity contribution in [2.45, 2.75) is 83.3 Å². The molecule has 43 heavy (non-hydrogen) atoms. The van der Waals surface area contributed by atoms with Crippen LogP contribution in [0.4, 0.5) is 5.69 Å². The summed E-state index contributed by atoms with van der Waals surface area (Å²) in [5.41, 5.74) is 4.03. The average Bonchev–Trinajstić information content (AvgIpc) is 3.00. The molecule has 8 nitrogen and oxygen atoms in total. The maximum absolute atomic E-state index is 14.2. The third-order valence-corrected chi connectivity index (χ3v) is 10.1. The smallest absolute Gasteiger partial charge is 0.264 e. The number of aryl methyl sites for hydroxylation is 3. The highest BCUT2D eigenvalue weighted by molar-refractivity contribution is 7.92. The van der Waals surface area contributed by atoms with Crippen molar-refractivity contribution in [1.82, 2.24) is 10.2 Å². The molecule has 0 heterocycles. The topological polar surface area (TPSA) is 96.0 Å². The van der Waals surface area contributed by atoms with Gasteiger partial charge in [0.05, 0.1) is 17.7 Å². The Morgan fingerprint density at radius 1 is 0.907 bits per heavy atom. The molecule has 3 aromatic carbocycles. The van der Waals surface area contributed by atoms with Crippen LogP contribution < -0.4 is 14.4 Å². The largest absolute Gasteiger partial charge is 0.497 e. The second kappa shape index (κ2) is 14.1. The first-order valence-corrected chi connectivity index (χ1v) is 16.3. The molecular weight excluding hydrogens is 562 g/mol. The van der Waals surface area contributed by atoms with Gasteiger partial charge in [-0.2, -0.15) is 0 Å². The Hall–Kier alpha value is -3.85. The molecule has 0 unspecified atom stereocenters. The minimum absolute atomic E-state index is 0.0792. The number of methoxy groups -OCH3 is 1. The molecule has 0 spiro atoms. The van der Waals surface area contributed by atoms with Crippen LogP contribution in [0.2, 0.25) is 0 Å². The van der Waals surface area contributed by atoms with Gasteiger partial charge in [0, 0.05) is 12.6 Å². The fourth-order valence-corrected chi connectivity index (χ4v) is 6.73. The second-order valence-electron chi connectivity index (χ2n) is 11.5. The van der Waals surface area contributed by atoms with Crippen molar-refractivity contribution in [3.05, 3.63) is 89.0 Å². The van der Waals surface area contributed by atoms with Crippen LogP contribution in [0.15, 0.2) is 71.6 Å². The minimum Gasteiger partial charge on any atom is -0.497 e. The van der Waals surface area contributed by atoms with Gasteiger partial charge in [0.15, 0.2) is 0 Å². The molecule has 3 aromatic rings. The summed E-state index contributed by atoms with van der Waals surface area (Å²) in [5.74, 6) is -0.0428. The number of benzene rings is 3. The summed E-state index contributed by atoms with van der Waals surface area (Å²) in [5, 5.41) is 3.13. The predicted molar refractivity (Wildman–Crippen MR) is 170 cm³/mol. The van der Waals surface area contributed by atoms with Gasteiger partial charge in [0.1, 0.15) is 18.3 Å². The summed E-state index contributed by atoms with van der Waals surface area (Å²) in [6.07, 6.45) is 5.12. The maximum Gasteiger partial charge on any atom is 0.264 e. The first-order chi connectivity index (χ1) is 20.5. The fourth-order valence-electron chi connectivity index (χ4n) is 5.33. The number of hydrogen-bond acceptors (Lipinski definition) is 5. The zero-order valence-electron chi connectivity index (χ0n) is 25.8. The number of carbonyl (C=O) groups is 2. The van der Waals surface area contributed by atoms with Crippen LogP contribution in [0.1, 0.15) is 61.3 Å².